The lowest BCUT2D eigenvalue weighted by Gasteiger charge is -2.31. The quantitative estimate of drug-likeness (QED) is 0.807. The molecular weight excluding hydrogens is 374 g/mol. The number of nitrogens with one attached hydrogen (secondary N) is 1. The highest BCUT2D eigenvalue weighted by molar-refractivity contribution is 7.10. The molecular formula is C21H23N3O3S. The Kier molecular flexibility index (Phi) is 4.71. The minimum atomic E-state index is -1.00. The molecule has 4 rings (SSSR count). The number of amides is 4. The third kappa shape index (κ3) is 2.99. The van der Waals surface area contributed by atoms with Crippen molar-refractivity contribution in [2.75, 3.05) is 13.6 Å². The van der Waals surface area contributed by atoms with Gasteiger partial charge < -0.3 is 10.2 Å². The molecule has 4 amide bonds. The van der Waals surface area contributed by atoms with Crippen molar-refractivity contribution in [2.45, 2.75) is 38.3 Å². The van der Waals surface area contributed by atoms with Crippen molar-refractivity contribution in [3.05, 3.63) is 57.3 Å². The first kappa shape index (κ1) is 18.7. The molecule has 1 fully saturated rings. The van der Waals surface area contributed by atoms with Gasteiger partial charge in [0.1, 0.15) is 12.1 Å². The van der Waals surface area contributed by atoms with Crippen molar-refractivity contribution in [1.82, 2.24) is 15.1 Å². The number of fused-ring (bicyclic) bond motifs is 2. The number of benzene rings is 1. The average molecular weight is 398 g/mol. The van der Waals surface area contributed by atoms with Crippen LogP contribution in [-0.2, 0) is 28.1 Å². The number of imide groups is 1. The van der Waals surface area contributed by atoms with Gasteiger partial charge in [0.05, 0.1) is 0 Å². The van der Waals surface area contributed by atoms with Gasteiger partial charge in [0.2, 0.25) is 5.91 Å². The van der Waals surface area contributed by atoms with E-state index in [1.165, 1.54) is 0 Å². The smallest absolute Gasteiger partial charge is 0.325 e. The van der Waals surface area contributed by atoms with Gasteiger partial charge in [-0.2, -0.15) is 0 Å². The van der Waals surface area contributed by atoms with Crippen LogP contribution in [0, 0.1) is 6.92 Å². The molecule has 2 aliphatic rings. The van der Waals surface area contributed by atoms with E-state index in [-0.39, 0.29) is 18.4 Å². The molecule has 1 saturated heterocycles. The van der Waals surface area contributed by atoms with Crippen LogP contribution in [0.25, 0.3) is 0 Å². The van der Waals surface area contributed by atoms with Crippen LogP contribution < -0.4 is 5.32 Å². The van der Waals surface area contributed by atoms with Gasteiger partial charge in [-0.25, -0.2) is 4.79 Å². The minimum absolute atomic E-state index is 0.242. The van der Waals surface area contributed by atoms with Gasteiger partial charge in [-0.05, 0) is 48.8 Å². The van der Waals surface area contributed by atoms with Crippen LogP contribution in [0.3, 0.4) is 0 Å². The largest absolute Gasteiger partial charge is 0.340 e. The van der Waals surface area contributed by atoms with Gasteiger partial charge in [-0.1, -0.05) is 24.3 Å². The molecule has 0 radical (unpaired) electrons. The van der Waals surface area contributed by atoms with Gasteiger partial charge in [0, 0.05) is 24.0 Å². The Morgan fingerprint density at radius 1 is 1.29 bits per heavy atom. The standard InChI is InChI=1S/C21H23N3O3S/c1-14-6-3-4-7-15(14)12-23(2)18(25)13-24-19(26)21(22-20(24)27)10-5-8-17-16(21)9-11-28-17/h3-4,6-7,9,11H,5,8,10,12-13H2,1-2H3,(H,22,27). The van der Waals surface area contributed by atoms with E-state index in [1.807, 2.05) is 42.6 Å². The van der Waals surface area contributed by atoms with E-state index in [9.17, 15) is 14.4 Å². The van der Waals surface area contributed by atoms with Gasteiger partial charge in [-0.15, -0.1) is 11.3 Å². The second-order valence-electron chi connectivity index (χ2n) is 7.51. The van der Waals surface area contributed by atoms with Crippen LogP contribution in [0.2, 0.25) is 0 Å². The maximum atomic E-state index is 13.2. The monoisotopic (exact) mass is 397 g/mol. The molecule has 28 heavy (non-hydrogen) atoms. The van der Waals surface area contributed by atoms with Gasteiger partial charge in [-0.3, -0.25) is 14.5 Å². The zero-order valence-electron chi connectivity index (χ0n) is 16.0. The van der Waals surface area contributed by atoms with Crippen molar-refractivity contribution in [1.29, 1.82) is 0 Å². The third-order valence-electron chi connectivity index (χ3n) is 5.72. The summed E-state index contributed by atoms with van der Waals surface area (Å²) in [7, 11) is 1.70. The van der Waals surface area contributed by atoms with E-state index >= 15 is 0 Å². The minimum Gasteiger partial charge on any atom is -0.340 e. The number of urea groups is 1. The fourth-order valence-electron chi connectivity index (χ4n) is 4.07. The summed E-state index contributed by atoms with van der Waals surface area (Å²) in [6, 6.07) is 9.30. The van der Waals surface area contributed by atoms with E-state index in [0.717, 1.165) is 39.3 Å². The first-order chi connectivity index (χ1) is 13.4. The highest BCUT2D eigenvalue weighted by Crippen LogP contribution is 2.42. The highest BCUT2D eigenvalue weighted by Gasteiger charge is 2.54. The first-order valence-electron chi connectivity index (χ1n) is 9.42. The van der Waals surface area contributed by atoms with Crippen molar-refractivity contribution < 1.29 is 14.4 Å². The molecule has 2 aromatic rings. The van der Waals surface area contributed by atoms with Gasteiger partial charge in [0.15, 0.2) is 0 Å². The van der Waals surface area contributed by atoms with Crippen LogP contribution in [-0.4, -0.2) is 41.2 Å². The summed E-state index contributed by atoms with van der Waals surface area (Å²) >= 11 is 1.61. The van der Waals surface area contributed by atoms with Crippen LogP contribution in [0.5, 0.6) is 0 Å². The zero-order valence-corrected chi connectivity index (χ0v) is 16.8. The van der Waals surface area contributed by atoms with Gasteiger partial charge in [0.25, 0.3) is 5.91 Å². The molecule has 0 bridgehead atoms. The highest BCUT2D eigenvalue weighted by atomic mass is 32.1. The van der Waals surface area contributed by atoms with E-state index in [4.69, 9.17) is 0 Å². The maximum absolute atomic E-state index is 13.2. The number of aryl methyl sites for hydroxylation is 2. The van der Waals surface area contributed by atoms with Gasteiger partial charge >= 0.3 is 6.03 Å². The summed E-state index contributed by atoms with van der Waals surface area (Å²) in [5.41, 5.74) is 2.04. The summed E-state index contributed by atoms with van der Waals surface area (Å²) in [6.45, 7) is 2.19. The Balaban J connectivity index is 1.50. The summed E-state index contributed by atoms with van der Waals surface area (Å²) in [6.07, 6.45) is 2.34. The third-order valence-corrected chi connectivity index (χ3v) is 6.71. The number of carbonyl (C=O) groups excluding carboxylic acids is 3. The molecule has 1 aromatic heterocycles. The molecule has 1 N–H and O–H groups in total. The number of rotatable bonds is 4. The Bertz CT molecular complexity index is 954. The molecule has 1 aliphatic carbocycles. The van der Waals surface area contributed by atoms with E-state index in [2.05, 4.69) is 5.32 Å². The predicted molar refractivity (Wildman–Crippen MR) is 107 cm³/mol. The van der Waals surface area contributed by atoms with Crippen LogP contribution in [0.15, 0.2) is 35.7 Å². The SMILES string of the molecule is Cc1ccccc1CN(C)C(=O)CN1C(=O)NC2(CCCc3sccc32)C1=O. The van der Waals surface area contributed by atoms with Crippen molar-refractivity contribution in [2.24, 2.45) is 0 Å². The number of carbonyl (C=O) groups is 3. The molecule has 6 nitrogen and oxygen atoms in total. The Labute approximate surface area is 168 Å². The maximum Gasteiger partial charge on any atom is 0.325 e. The molecule has 0 saturated carbocycles. The summed E-state index contributed by atoms with van der Waals surface area (Å²) < 4.78 is 0. The predicted octanol–water partition coefficient (Wildman–Crippen LogP) is 2.80. The Hall–Kier alpha value is -2.67. The fourth-order valence-corrected chi connectivity index (χ4v) is 5.07. The summed E-state index contributed by atoms with van der Waals surface area (Å²) in [5, 5.41) is 4.85. The summed E-state index contributed by atoms with van der Waals surface area (Å²) in [5.74, 6) is -0.570. The van der Waals surface area contributed by atoms with Crippen LogP contribution >= 0.6 is 11.3 Å². The number of nitrogens with zero attached hydrogens (tertiary/aromatic N) is 2. The average Bonchev–Trinajstić information content (AvgIpc) is 3.24. The second-order valence-corrected chi connectivity index (χ2v) is 8.51. The lowest BCUT2D eigenvalue weighted by Crippen LogP contribution is -2.46. The van der Waals surface area contributed by atoms with Crippen LogP contribution in [0.1, 0.15) is 34.4 Å². The lowest BCUT2D eigenvalue weighted by molar-refractivity contribution is -0.139. The molecule has 1 unspecified atom stereocenters. The van der Waals surface area contributed by atoms with E-state index in [1.54, 1.807) is 23.3 Å². The number of hydrogen-bond acceptors (Lipinski definition) is 4. The topological polar surface area (TPSA) is 69.7 Å². The normalized spacial score (nSPS) is 21.0. The number of hydrogen-bond donors (Lipinski definition) is 1. The van der Waals surface area contributed by atoms with Crippen LogP contribution in [0.4, 0.5) is 4.79 Å². The second kappa shape index (κ2) is 7.05. The molecule has 7 heteroatoms. The number of likely N-dealkylation sites (N-methyl/N-ethyl adjacent to an activating group) is 1. The number of thiophene rings is 1. The molecule has 2 heterocycles. The summed E-state index contributed by atoms with van der Waals surface area (Å²) in [4.78, 5) is 42.3. The van der Waals surface area contributed by atoms with Crippen molar-refractivity contribution in [3.8, 4) is 0 Å². The Morgan fingerprint density at radius 2 is 2.07 bits per heavy atom. The lowest BCUT2D eigenvalue weighted by atomic mass is 9.80. The van der Waals surface area contributed by atoms with Crippen molar-refractivity contribution in [3.63, 3.8) is 0 Å². The zero-order chi connectivity index (χ0) is 19.9. The van der Waals surface area contributed by atoms with Crippen molar-refractivity contribution >= 4 is 29.2 Å². The molecule has 146 valence electrons. The fraction of sp³-hybridized carbons (Fsp3) is 0.381. The molecule has 1 aromatic carbocycles. The van der Waals surface area contributed by atoms with E-state index < -0.39 is 11.6 Å². The first-order valence-corrected chi connectivity index (χ1v) is 10.3. The van der Waals surface area contributed by atoms with E-state index in [0.29, 0.717) is 13.0 Å². The molecule has 1 aliphatic heterocycles. The molecule has 1 atom stereocenters. The molecule has 1 spiro atoms. The Morgan fingerprint density at radius 3 is 2.86 bits per heavy atom.